The summed E-state index contributed by atoms with van der Waals surface area (Å²) >= 11 is 0. The van der Waals surface area contributed by atoms with Gasteiger partial charge in [-0.25, -0.2) is 4.79 Å². The molecule has 0 fully saturated rings. The van der Waals surface area contributed by atoms with Gasteiger partial charge in [-0.05, 0) is 12.1 Å². The van der Waals surface area contributed by atoms with Crippen molar-refractivity contribution in [3.63, 3.8) is 0 Å². The van der Waals surface area contributed by atoms with Crippen molar-refractivity contribution in [2.45, 2.75) is 0 Å². The first kappa shape index (κ1) is 8.49. The number of carbonyl (C=O) groups is 1. The molecule has 0 spiro atoms. The van der Waals surface area contributed by atoms with Crippen molar-refractivity contribution < 1.29 is 9.53 Å². The number of nitrogens with zero attached hydrogens (tertiary/aromatic N) is 3. The van der Waals surface area contributed by atoms with Gasteiger partial charge in [0.05, 0.1) is 7.11 Å². The minimum atomic E-state index is -0.456. The Balaban J connectivity index is 2.71. The number of anilines is 1. The molecule has 2 aromatic heterocycles. The van der Waals surface area contributed by atoms with Gasteiger partial charge in [0.1, 0.15) is 5.56 Å². The quantitative estimate of drug-likeness (QED) is 0.648. The van der Waals surface area contributed by atoms with Crippen LogP contribution in [0.1, 0.15) is 10.4 Å². The van der Waals surface area contributed by atoms with Gasteiger partial charge in [-0.3, -0.25) is 4.40 Å². The Morgan fingerprint density at radius 1 is 1.57 bits per heavy atom. The molecule has 0 aliphatic carbocycles. The van der Waals surface area contributed by atoms with Gasteiger partial charge in [0.25, 0.3) is 0 Å². The smallest absolute Gasteiger partial charge is 0.341 e. The highest BCUT2D eigenvalue weighted by atomic mass is 16.5. The SMILES string of the molecule is COC(=O)c1cccn2c(N)nnc12. The van der Waals surface area contributed by atoms with E-state index in [2.05, 4.69) is 14.9 Å². The maximum Gasteiger partial charge on any atom is 0.341 e. The lowest BCUT2D eigenvalue weighted by atomic mass is 10.3. The monoisotopic (exact) mass is 192 g/mol. The first-order valence-electron chi connectivity index (χ1n) is 3.91. The predicted molar refractivity (Wildman–Crippen MR) is 48.7 cm³/mol. The Bertz CT molecular complexity index is 491. The minimum Gasteiger partial charge on any atom is -0.465 e. The van der Waals surface area contributed by atoms with Crippen LogP contribution in [0.4, 0.5) is 5.95 Å². The topological polar surface area (TPSA) is 82.5 Å². The molecule has 0 atom stereocenters. The number of hydrogen-bond acceptors (Lipinski definition) is 5. The summed E-state index contributed by atoms with van der Waals surface area (Å²) in [5.74, 6) is -0.214. The van der Waals surface area contributed by atoms with Crippen LogP contribution >= 0.6 is 0 Å². The fourth-order valence-corrected chi connectivity index (χ4v) is 1.20. The number of rotatable bonds is 1. The first-order chi connectivity index (χ1) is 6.74. The van der Waals surface area contributed by atoms with Crippen LogP contribution in [0.25, 0.3) is 5.65 Å². The van der Waals surface area contributed by atoms with Crippen LogP contribution in [-0.4, -0.2) is 27.7 Å². The fraction of sp³-hybridized carbons (Fsp3) is 0.125. The molecule has 2 rings (SSSR count). The van der Waals surface area contributed by atoms with Crippen molar-refractivity contribution in [1.29, 1.82) is 0 Å². The van der Waals surface area contributed by atoms with E-state index in [1.165, 1.54) is 11.5 Å². The zero-order valence-corrected chi connectivity index (χ0v) is 7.47. The number of carbonyl (C=O) groups excluding carboxylic acids is 1. The predicted octanol–water partition coefficient (Wildman–Crippen LogP) is 0.0981. The van der Waals surface area contributed by atoms with Crippen LogP contribution < -0.4 is 5.73 Å². The highest BCUT2D eigenvalue weighted by Crippen LogP contribution is 2.11. The van der Waals surface area contributed by atoms with E-state index in [1.807, 2.05) is 0 Å². The van der Waals surface area contributed by atoms with Crippen LogP contribution in [-0.2, 0) is 4.74 Å². The number of fused-ring (bicyclic) bond motifs is 1. The maximum absolute atomic E-state index is 11.3. The molecular weight excluding hydrogens is 184 g/mol. The summed E-state index contributed by atoms with van der Waals surface area (Å²) in [5.41, 5.74) is 6.27. The van der Waals surface area contributed by atoms with Crippen molar-refractivity contribution in [2.24, 2.45) is 0 Å². The molecule has 0 bridgehead atoms. The van der Waals surface area contributed by atoms with Gasteiger partial charge in [-0.1, -0.05) is 0 Å². The van der Waals surface area contributed by atoms with Crippen molar-refractivity contribution in [2.75, 3.05) is 12.8 Å². The number of esters is 1. The third-order valence-corrected chi connectivity index (χ3v) is 1.87. The summed E-state index contributed by atoms with van der Waals surface area (Å²) in [7, 11) is 1.31. The van der Waals surface area contributed by atoms with E-state index in [9.17, 15) is 4.79 Å². The molecule has 6 heteroatoms. The highest BCUT2D eigenvalue weighted by molar-refractivity contribution is 5.95. The van der Waals surface area contributed by atoms with Gasteiger partial charge in [0.2, 0.25) is 5.95 Å². The molecule has 2 aromatic rings. The Kier molecular flexibility index (Phi) is 1.81. The lowest BCUT2D eigenvalue weighted by Gasteiger charge is -2.00. The lowest BCUT2D eigenvalue weighted by Crippen LogP contribution is -2.04. The molecule has 0 radical (unpaired) electrons. The zero-order chi connectivity index (χ0) is 10.1. The zero-order valence-electron chi connectivity index (χ0n) is 7.47. The summed E-state index contributed by atoms with van der Waals surface area (Å²) in [5, 5.41) is 7.43. The van der Waals surface area contributed by atoms with Crippen molar-refractivity contribution in [3.05, 3.63) is 23.9 Å². The standard InChI is InChI=1S/C8H8N4O2/c1-14-7(13)5-3-2-4-12-6(5)10-11-8(12)9/h2-4H,1H3,(H2,9,11). The normalized spacial score (nSPS) is 10.4. The van der Waals surface area contributed by atoms with Crippen molar-refractivity contribution in [1.82, 2.24) is 14.6 Å². The molecule has 0 aliphatic rings. The lowest BCUT2D eigenvalue weighted by molar-refractivity contribution is 0.0602. The summed E-state index contributed by atoms with van der Waals surface area (Å²) in [6.07, 6.45) is 1.68. The summed E-state index contributed by atoms with van der Waals surface area (Å²) < 4.78 is 6.11. The summed E-state index contributed by atoms with van der Waals surface area (Å²) in [6, 6.07) is 3.29. The largest absolute Gasteiger partial charge is 0.465 e. The molecule has 72 valence electrons. The van der Waals surface area contributed by atoms with E-state index in [0.717, 1.165) is 0 Å². The van der Waals surface area contributed by atoms with Gasteiger partial charge in [-0.15, -0.1) is 10.2 Å². The number of aromatic nitrogens is 3. The Hall–Kier alpha value is -2.11. The first-order valence-corrected chi connectivity index (χ1v) is 3.91. The maximum atomic E-state index is 11.3. The van der Waals surface area contributed by atoms with E-state index in [1.54, 1.807) is 18.3 Å². The van der Waals surface area contributed by atoms with E-state index in [4.69, 9.17) is 5.73 Å². The molecular formula is C8H8N4O2. The second-order valence-electron chi connectivity index (χ2n) is 2.67. The number of methoxy groups -OCH3 is 1. The molecule has 0 saturated carbocycles. The Labute approximate surface area is 79.3 Å². The fourth-order valence-electron chi connectivity index (χ4n) is 1.20. The number of nitrogens with two attached hydrogens (primary N) is 1. The van der Waals surface area contributed by atoms with Crippen molar-refractivity contribution >= 4 is 17.6 Å². The average Bonchev–Trinajstić information content (AvgIpc) is 2.59. The van der Waals surface area contributed by atoms with E-state index in [-0.39, 0.29) is 5.95 Å². The van der Waals surface area contributed by atoms with Gasteiger partial charge in [-0.2, -0.15) is 0 Å². The summed E-state index contributed by atoms with van der Waals surface area (Å²) in [6.45, 7) is 0. The third-order valence-electron chi connectivity index (χ3n) is 1.87. The number of pyridine rings is 1. The molecule has 0 aromatic carbocycles. The summed E-state index contributed by atoms with van der Waals surface area (Å²) in [4.78, 5) is 11.3. The Morgan fingerprint density at radius 2 is 2.36 bits per heavy atom. The molecule has 2 N–H and O–H groups in total. The van der Waals surface area contributed by atoms with Crippen LogP contribution in [0.5, 0.6) is 0 Å². The molecule has 0 saturated heterocycles. The second-order valence-corrected chi connectivity index (χ2v) is 2.67. The average molecular weight is 192 g/mol. The van der Waals surface area contributed by atoms with Crippen LogP contribution in [0.3, 0.4) is 0 Å². The van der Waals surface area contributed by atoms with Gasteiger partial charge in [0.15, 0.2) is 5.65 Å². The number of hydrogen-bond donors (Lipinski definition) is 1. The highest BCUT2D eigenvalue weighted by Gasteiger charge is 2.13. The van der Waals surface area contributed by atoms with Crippen LogP contribution in [0, 0.1) is 0 Å². The number of nitrogen functional groups attached to an aromatic ring is 1. The molecule has 6 nitrogen and oxygen atoms in total. The van der Waals surface area contributed by atoms with Crippen LogP contribution in [0.15, 0.2) is 18.3 Å². The molecule has 0 aliphatic heterocycles. The van der Waals surface area contributed by atoms with Gasteiger partial charge in [0, 0.05) is 6.20 Å². The van der Waals surface area contributed by atoms with Gasteiger partial charge >= 0.3 is 5.97 Å². The molecule has 0 amide bonds. The molecule has 2 heterocycles. The van der Waals surface area contributed by atoms with Crippen molar-refractivity contribution in [3.8, 4) is 0 Å². The Morgan fingerprint density at radius 3 is 3.07 bits per heavy atom. The third kappa shape index (κ3) is 1.08. The van der Waals surface area contributed by atoms with E-state index >= 15 is 0 Å². The van der Waals surface area contributed by atoms with Crippen LogP contribution in [0.2, 0.25) is 0 Å². The molecule has 14 heavy (non-hydrogen) atoms. The molecule has 0 unspecified atom stereocenters. The van der Waals surface area contributed by atoms with E-state index < -0.39 is 5.97 Å². The second kappa shape index (κ2) is 2.99. The van der Waals surface area contributed by atoms with E-state index in [0.29, 0.717) is 11.2 Å². The minimum absolute atomic E-state index is 0.241. The van der Waals surface area contributed by atoms with Gasteiger partial charge < -0.3 is 10.5 Å². The number of ether oxygens (including phenoxy) is 1.